The molecule has 4 bridgehead atoms. The maximum Gasteiger partial charge on any atom is 0.119 e. The van der Waals surface area contributed by atoms with Crippen molar-refractivity contribution in [1.82, 2.24) is 10.2 Å². The predicted octanol–water partition coefficient (Wildman–Crippen LogP) is 2.33. The van der Waals surface area contributed by atoms with Crippen molar-refractivity contribution in [3.05, 3.63) is 29.3 Å². The van der Waals surface area contributed by atoms with Crippen LogP contribution in [-0.4, -0.2) is 54.9 Å². The Morgan fingerprint density at radius 3 is 3.07 bits per heavy atom. The van der Waals surface area contributed by atoms with Gasteiger partial charge in [0.1, 0.15) is 5.75 Å². The Hall–Kier alpha value is -1.10. The van der Waals surface area contributed by atoms with E-state index in [1.807, 2.05) is 6.92 Å². The smallest absolute Gasteiger partial charge is 0.119 e. The molecule has 0 spiro atoms. The van der Waals surface area contributed by atoms with E-state index in [0.29, 0.717) is 22.9 Å². The fraction of sp³-hybridized carbons (Fsp3) is 0.739. The predicted molar refractivity (Wildman–Crippen MR) is 105 cm³/mol. The molecule has 2 heterocycles. The Morgan fingerprint density at radius 2 is 2.26 bits per heavy atom. The molecular formula is C23H32N2O2. The van der Waals surface area contributed by atoms with E-state index in [-0.39, 0.29) is 6.10 Å². The number of hydrogen-bond acceptors (Lipinski definition) is 4. The van der Waals surface area contributed by atoms with Crippen molar-refractivity contribution < 1.29 is 9.84 Å². The molecule has 1 aromatic rings. The number of aliphatic hydroxyl groups is 1. The van der Waals surface area contributed by atoms with Gasteiger partial charge in [-0.2, -0.15) is 0 Å². The zero-order chi connectivity index (χ0) is 18.4. The number of fused-ring (bicyclic) bond motifs is 1. The molecule has 2 unspecified atom stereocenters. The van der Waals surface area contributed by atoms with Gasteiger partial charge in [0.15, 0.2) is 0 Å². The molecule has 2 saturated heterocycles. The molecule has 0 aromatic heterocycles. The molecule has 4 fully saturated rings. The number of β-amino-alcohol motifs (C(OH)–C–C–N with tert-alkyl or cyclic N) is 1. The fourth-order valence-corrected chi connectivity index (χ4v) is 8.62. The van der Waals surface area contributed by atoms with Crippen molar-refractivity contribution in [2.45, 2.75) is 62.6 Å². The number of nitrogens with one attached hydrogen (secondary N) is 1. The summed E-state index contributed by atoms with van der Waals surface area (Å²) < 4.78 is 5.67. The van der Waals surface area contributed by atoms with Crippen molar-refractivity contribution in [2.75, 3.05) is 26.7 Å². The Labute approximate surface area is 162 Å². The fourth-order valence-electron chi connectivity index (χ4n) is 8.62. The Morgan fingerprint density at radius 1 is 1.37 bits per heavy atom. The number of methoxy groups -OCH3 is 1. The van der Waals surface area contributed by atoms with Crippen molar-refractivity contribution in [2.24, 2.45) is 17.3 Å². The highest BCUT2D eigenvalue weighted by molar-refractivity contribution is 5.50. The average Bonchev–Trinajstić information content (AvgIpc) is 3.13. The number of rotatable bonds is 3. The largest absolute Gasteiger partial charge is 0.497 e. The summed E-state index contributed by atoms with van der Waals surface area (Å²) in [6.07, 6.45) is 6.20. The van der Waals surface area contributed by atoms with Gasteiger partial charge in [-0.25, -0.2) is 0 Å². The molecule has 146 valence electrons. The molecule has 0 amide bonds. The second-order valence-corrected chi connectivity index (χ2v) is 10.0. The first-order valence-corrected chi connectivity index (χ1v) is 10.9. The molecule has 6 rings (SSSR count). The molecule has 7 atom stereocenters. The van der Waals surface area contributed by atoms with E-state index in [1.54, 1.807) is 18.2 Å². The first kappa shape index (κ1) is 16.8. The zero-order valence-electron chi connectivity index (χ0n) is 16.6. The average molecular weight is 369 g/mol. The van der Waals surface area contributed by atoms with Gasteiger partial charge in [-0.05, 0) is 92.6 Å². The molecule has 5 aliphatic rings. The van der Waals surface area contributed by atoms with Crippen LogP contribution in [0, 0.1) is 17.3 Å². The van der Waals surface area contributed by atoms with Crippen LogP contribution in [0.4, 0.5) is 0 Å². The maximum atomic E-state index is 10.2. The van der Waals surface area contributed by atoms with E-state index >= 15 is 0 Å². The number of hydrogen-bond donors (Lipinski definition) is 2. The van der Waals surface area contributed by atoms with E-state index in [4.69, 9.17) is 4.74 Å². The van der Waals surface area contributed by atoms with Gasteiger partial charge in [-0.1, -0.05) is 6.07 Å². The van der Waals surface area contributed by atoms with Gasteiger partial charge < -0.3 is 15.2 Å². The summed E-state index contributed by atoms with van der Waals surface area (Å²) in [6, 6.07) is 8.18. The quantitative estimate of drug-likeness (QED) is 0.860. The summed E-state index contributed by atoms with van der Waals surface area (Å²) in [7, 11) is 1.80. The van der Waals surface area contributed by atoms with Crippen molar-refractivity contribution in [1.29, 1.82) is 0 Å². The van der Waals surface area contributed by atoms with Crippen LogP contribution < -0.4 is 10.1 Å². The maximum absolute atomic E-state index is 10.2. The van der Waals surface area contributed by atoms with Crippen molar-refractivity contribution in [3.63, 3.8) is 0 Å². The minimum atomic E-state index is -0.245. The molecule has 3 aliphatic carbocycles. The van der Waals surface area contributed by atoms with E-state index in [2.05, 4.69) is 28.4 Å². The topological polar surface area (TPSA) is 44.7 Å². The lowest BCUT2D eigenvalue weighted by atomic mass is 9.43. The summed E-state index contributed by atoms with van der Waals surface area (Å²) in [4.78, 5) is 2.66. The van der Waals surface area contributed by atoms with E-state index in [1.165, 1.54) is 32.2 Å². The van der Waals surface area contributed by atoms with Crippen LogP contribution in [0.5, 0.6) is 5.75 Å². The summed E-state index contributed by atoms with van der Waals surface area (Å²) in [6.45, 7) is 5.11. The zero-order valence-corrected chi connectivity index (χ0v) is 16.6. The lowest BCUT2D eigenvalue weighted by Crippen LogP contribution is -2.70. The molecule has 2 N–H and O–H groups in total. The second kappa shape index (κ2) is 5.49. The standard InChI is InChI=1S/C23H32N2O2/c1-14(26)13-25-8-7-23-18-10-17(27-2)4-3-15(18)9-20(25)22(23)6-5-19-21(23)16(11-22)12-24-19/h3-4,10,14,16,19-21,24,26H,5-9,11-13H2,1-2H3/t14-,16-,19?,20-,21?,22-,23+/m1/s1. The van der Waals surface area contributed by atoms with Crippen LogP contribution in [0.1, 0.15) is 43.7 Å². The summed E-state index contributed by atoms with van der Waals surface area (Å²) in [5.41, 5.74) is 3.87. The van der Waals surface area contributed by atoms with Crippen molar-refractivity contribution in [3.8, 4) is 5.75 Å². The summed E-state index contributed by atoms with van der Waals surface area (Å²) in [5, 5.41) is 14.1. The Kier molecular flexibility index (Phi) is 3.42. The first-order valence-electron chi connectivity index (χ1n) is 10.9. The number of piperidine rings is 1. The lowest BCUT2D eigenvalue weighted by Gasteiger charge is -2.66. The van der Waals surface area contributed by atoms with E-state index in [0.717, 1.165) is 37.1 Å². The van der Waals surface area contributed by atoms with Gasteiger partial charge >= 0.3 is 0 Å². The second-order valence-electron chi connectivity index (χ2n) is 10.0. The lowest BCUT2D eigenvalue weighted by molar-refractivity contribution is -0.101. The SMILES string of the molecule is COc1ccc2c(c1)[C@]13CCN(C[C@@H](C)O)[C@H](C2)[C@]12CCC1NC[C@@H](C2)C13. The Balaban J connectivity index is 1.57. The molecule has 4 heteroatoms. The molecule has 2 saturated carbocycles. The number of benzene rings is 1. The van der Waals surface area contributed by atoms with Crippen LogP contribution >= 0.6 is 0 Å². The van der Waals surface area contributed by atoms with Crippen LogP contribution in [0.15, 0.2) is 18.2 Å². The third-order valence-corrected chi connectivity index (χ3v) is 9.15. The minimum absolute atomic E-state index is 0.245. The summed E-state index contributed by atoms with van der Waals surface area (Å²) in [5.74, 6) is 2.63. The third kappa shape index (κ3) is 1.90. The number of aliphatic hydroxyl groups excluding tert-OH is 1. The molecule has 27 heavy (non-hydrogen) atoms. The van der Waals surface area contributed by atoms with Gasteiger partial charge in [0.2, 0.25) is 0 Å². The molecule has 0 radical (unpaired) electrons. The molecular weight excluding hydrogens is 336 g/mol. The first-order chi connectivity index (χ1) is 13.1. The number of likely N-dealkylation sites (tertiary alicyclic amines) is 1. The Bertz CT molecular complexity index is 780. The van der Waals surface area contributed by atoms with Crippen LogP contribution in [0.3, 0.4) is 0 Å². The normalized spacial score (nSPS) is 45.3. The third-order valence-electron chi connectivity index (χ3n) is 9.15. The monoisotopic (exact) mass is 368 g/mol. The highest BCUT2D eigenvalue weighted by Crippen LogP contribution is 2.74. The molecule has 4 nitrogen and oxygen atoms in total. The van der Waals surface area contributed by atoms with Gasteiger partial charge in [0, 0.05) is 24.0 Å². The van der Waals surface area contributed by atoms with Crippen LogP contribution in [-0.2, 0) is 11.8 Å². The van der Waals surface area contributed by atoms with Gasteiger partial charge in [-0.15, -0.1) is 0 Å². The van der Waals surface area contributed by atoms with Crippen molar-refractivity contribution >= 4 is 0 Å². The number of ether oxygens (including phenoxy) is 1. The minimum Gasteiger partial charge on any atom is -0.497 e. The van der Waals surface area contributed by atoms with E-state index < -0.39 is 0 Å². The highest BCUT2D eigenvalue weighted by Gasteiger charge is 2.74. The van der Waals surface area contributed by atoms with Gasteiger partial charge in [-0.3, -0.25) is 4.90 Å². The summed E-state index contributed by atoms with van der Waals surface area (Å²) >= 11 is 0. The highest BCUT2D eigenvalue weighted by atomic mass is 16.5. The van der Waals surface area contributed by atoms with E-state index in [9.17, 15) is 5.11 Å². The van der Waals surface area contributed by atoms with Crippen LogP contribution in [0.25, 0.3) is 0 Å². The van der Waals surface area contributed by atoms with Gasteiger partial charge in [0.05, 0.1) is 13.2 Å². The van der Waals surface area contributed by atoms with Gasteiger partial charge in [0.25, 0.3) is 0 Å². The molecule has 2 aliphatic heterocycles. The molecule has 1 aromatic carbocycles. The van der Waals surface area contributed by atoms with Crippen LogP contribution in [0.2, 0.25) is 0 Å². The number of nitrogens with zero attached hydrogens (tertiary/aromatic N) is 1.